The van der Waals surface area contributed by atoms with E-state index in [1.807, 2.05) is 14.0 Å². The van der Waals surface area contributed by atoms with Crippen LogP contribution in [0.2, 0.25) is 0 Å². The monoisotopic (exact) mass is 299 g/mol. The summed E-state index contributed by atoms with van der Waals surface area (Å²) in [7, 11) is 3.53. The fourth-order valence-electron chi connectivity index (χ4n) is 1.50. The van der Waals surface area contributed by atoms with E-state index in [1.165, 1.54) is 6.33 Å². The second-order valence-electron chi connectivity index (χ2n) is 3.76. The topological polar surface area (TPSA) is 64.9 Å². The molecule has 0 aliphatic rings. The molecular formula is C10H14BrN5O. The first kappa shape index (κ1) is 12.3. The molecular weight excluding hydrogens is 286 g/mol. The molecule has 2 heterocycles. The molecule has 17 heavy (non-hydrogen) atoms. The predicted octanol–water partition coefficient (Wildman–Crippen LogP) is 1.57. The van der Waals surface area contributed by atoms with Gasteiger partial charge in [0.05, 0.1) is 11.5 Å². The Bertz CT molecular complexity index is 527. The number of ether oxygens (including phenoxy) is 1. The van der Waals surface area contributed by atoms with E-state index in [0.29, 0.717) is 6.54 Å². The van der Waals surface area contributed by atoms with Crippen LogP contribution in [0.25, 0.3) is 11.0 Å². The van der Waals surface area contributed by atoms with Crippen LogP contribution in [0.1, 0.15) is 6.92 Å². The molecule has 0 aliphatic carbocycles. The van der Waals surface area contributed by atoms with E-state index in [-0.39, 0.29) is 6.10 Å². The van der Waals surface area contributed by atoms with Gasteiger partial charge in [0, 0.05) is 20.7 Å². The van der Waals surface area contributed by atoms with E-state index in [4.69, 9.17) is 4.74 Å². The first-order valence-electron chi connectivity index (χ1n) is 5.23. The molecule has 0 spiro atoms. The van der Waals surface area contributed by atoms with Gasteiger partial charge in [0.2, 0.25) is 0 Å². The van der Waals surface area contributed by atoms with Crippen molar-refractivity contribution in [1.29, 1.82) is 0 Å². The first-order valence-corrected chi connectivity index (χ1v) is 6.02. The third-order valence-electron chi connectivity index (χ3n) is 2.54. The molecule has 0 saturated carbocycles. The number of hydrogen-bond donors (Lipinski definition) is 1. The Kier molecular flexibility index (Phi) is 3.58. The van der Waals surface area contributed by atoms with Crippen LogP contribution in [0.5, 0.6) is 0 Å². The van der Waals surface area contributed by atoms with Crippen molar-refractivity contribution in [3.63, 3.8) is 0 Å². The molecule has 2 aromatic heterocycles. The van der Waals surface area contributed by atoms with E-state index in [1.54, 1.807) is 11.8 Å². The normalized spacial score (nSPS) is 12.9. The molecule has 2 aromatic rings. The summed E-state index contributed by atoms with van der Waals surface area (Å²) in [5.74, 6) is 0.763. The molecule has 0 bridgehead atoms. The molecule has 0 fully saturated rings. The summed E-state index contributed by atoms with van der Waals surface area (Å²) in [5.41, 5.74) is 0.791. The van der Waals surface area contributed by atoms with Crippen molar-refractivity contribution in [2.45, 2.75) is 13.0 Å². The quantitative estimate of drug-likeness (QED) is 0.928. The van der Waals surface area contributed by atoms with Gasteiger partial charge in [-0.1, -0.05) is 0 Å². The molecule has 1 unspecified atom stereocenters. The van der Waals surface area contributed by atoms with Crippen molar-refractivity contribution in [3.05, 3.63) is 10.9 Å². The average molecular weight is 300 g/mol. The van der Waals surface area contributed by atoms with Gasteiger partial charge in [0.1, 0.15) is 16.7 Å². The fourth-order valence-corrected chi connectivity index (χ4v) is 2.10. The van der Waals surface area contributed by atoms with Crippen molar-refractivity contribution in [2.24, 2.45) is 7.05 Å². The zero-order valence-electron chi connectivity index (χ0n) is 9.94. The van der Waals surface area contributed by atoms with Crippen LogP contribution in [-0.2, 0) is 11.8 Å². The molecule has 6 nitrogen and oxygen atoms in total. The minimum absolute atomic E-state index is 0.121. The third kappa shape index (κ3) is 2.39. The fraction of sp³-hybridized carbons (Fsp3) is 0.500. The van der Waals surface area contributed by atoms with Crippen molar-refractivity contribution in [1.82, 2.24) is 19.7 Å². The second-order valence-corrected chi connectivity index (χ2v) is 4.51. The number of hydrogen-bond acceptors (Lipinski definition) is 5. The maximum atomic E-state index is 5.18. The van der Waals surface area contributed by atoms with Gasteiger partial charge in [-0.05, 0) is 22.9 Å². The van der Waals surface area contributed by atoms with Crippen LogP contribution >= 0.6 is 15.9 Å². The summed E-state index contributed by atoms with van der Waals surface area (Å²) >= 11 is 3.41. The van der Waals surface area contributed by atoms with Crippen LogP contribution in [0.15, 0.2) is 10.9 Å². The summed E-state index contributed by atoms with van der Waals surface area (Å²) < 4.78 is 7.63. The molecule has 7 heteroatoms. The minimum Gasteiger partial charge on any atom is -0.380 e. The highest BCUT2D eigenvalue weighted by atomic mass is 79.9. The van der Waals surface area contributed by atoms with Crippen molar-refractivity contribution in [2.75, 3.05) is 19.0 Å². The Balaban J connectivity index is 2.34. The number of halogens is 1. The Hall–Kier alpha value is -1.21. The number of nitrogens with zero attached hydrogens (tertiary/aromatic N) is 4. The second kappa shape index (κ2) is 4.97. The lowest BCUT2D eigenvalue weighted by atomic mass is 10.3. The van der Waals surface area contributed by atoms with Crippen molar-refractivity contribution >= 4 is 32.8 Å². The molecule has 0 radical (unpaired) electrons. The highest BCUT2D eigenvalue weighted by molar-refractivity contribution is 9.10. The predicted molar refractivity (Wildman–Crippen MR) is 69.0 cm³/mol. The number of aryl methyl sites for hydroxylation is 1. The molecule has 0 aliphatic heterocycles. The first-order chi connectivity index (χ1) is 8.13. The summed E-state index contributed by atoms with van der Waals surface area (Å²) in [6.45, 7) is 2.67. The van der Waals surface area contributed by atoms with Crippen molar-refractivity contribution in [3.8, 4) is 0 Å². The van der Waals surface area contributed by atoms with Crippen LogP contribution in [0.3, 0.4) is 0 Å². The molecule has 1 atom stereocenters. The zero-order chi connectivity index (χ0) is 12.4. The van der Waals surface area contributed by atoms with Gasteiger partial charge < -0.3 is 10.1 Å². The van der Waals surface area contributed by atoms with Gasteiger partial charge in [0.15, 0.2) is 5.65 Å². The van der Waals surface area contributed by atoms with Gasteiger partial charge >= 0.3 is 0 Å². The third-order valence-corrected chi connectivity index (χ3v) is 3.09. The number of fused-ring (bicyclic) bond motifs is 1. The standard InChI is InChI=1S/C10H14BrN5O/c1-6(17-3)4-12-9-7-8(11)15-16(2)10(7)14-5-13-9/h5-6H,4H2,1-3H3,(H,12,13,14). The van der Waals surface area contributed by atoms with Gasteiger partial charge in [-0.3, -0.25) is 0 Å². The average Bonchev–Trinajstić information content (AvgIpc) is 2.63. The Labute approximate surface area is 108 Å². The summed E-state index contributed by atoms with van der Waals surface area (Å²) in [6, 6.07) is 0. The Morgan fingerprint density at radius 2 is 2.29 bits per heavy atom. The molecule has 0 amide bonds. The number of anilines is 1. The Morgan fingerprint density at radius 1 is 1.53 bits per heavy atom. The van der Waals surface area contributed by atoms with E-state index in [0.717, 1.165) is 21.5 Å². The summed E-state index contributed by atoms with van der Waals surface area (Å²) in [6.07, 6.45) is 1.64. The number of rotatable bonds is 4. The molecule has 0 aromatic carbocycles. The largest absolute Gasteiger partial charge is 0.380 e. The van der Waals surface area contributed by atoms with Crippen LogP contribution in [0.4, 0.5) is 5.82 Å². The maximum Gasteiger partial charge on any atom is 0.164 e. The zero-order valence-corrected chi connectivity index (χ0v) is 11.5. The lowest BCUT2D eigenvalue weighted by molar-refractivity contribution is 0.128. The summed E-state index contributed by atoms with van der Waals surface area (Å²) in [4.78, 5) is 8.42. The van der Waals surface area contributed by atoms with Gasteiger partial charge in [0.25, 0.3) is 0 Å². The molecule has 0 saturated heterocycles. The molecule has 2 rings (SSSR count). The minimum atomic E-state index is 0.121. The SMILES string of the molecule is COC(C)CNc1ncnc2c1c(Br)nn2C. The highest BCUT2D eigenvalue weighted by Crippen LogP contribution is 2.26. The van der Waals surface area contributed by atoms with E-state index >= 15 is 0 Å². The van der Waals surface area contributed by atoms with Gasteiger partial charge in [-0.2, -0.15) is 5.10 Å². The van der Waals surface area contributed by atoms with E-state index < -0.39 is 0 Å². The number of nitrogens with one attached hydrogen (secondary N) is 1. The maximum absolute atomic E-state index is 5.18. The Morgan fingerprint density at radius 3 is 3.00 bits per heavy atom. The van der Waals surface area contributed by atoms with Gasteiger partial charge in [-0.25, -0.2) is 14.6 Å². The highest BCUT2D eigenvalue weighted by Gasteiger charge is 2.13. The smallest absolute Gasteiger partial charge is 0.164 e. The lowest BCUT2D eigenvalue weighted by Gasteiger charge is -2.11. The molecule has 1 N–H and O–H groups in total. The van der Waals surface area contributed by atoms with Crippen LogP contribution in [0, 0.1) is 0 Å². The van der Waals surface area contributed by atoms with Crippen LogP contribution < -0.4 is 5.32 Å². The van der Waals surface area contributed by atoms with Crippen LogP contribution in [-0.4, -0.2) is 39.5 Å². The summed E-state index contributed by atoms with van der Waals surface area (Å²) in [5, 5.41) is 8.38. The number of aromatic nitrogens is 4. The van der Waals surface area contributed by atoms with E-state index in [9.17, 15) is 0 Å². The lowest BCUT2D eigenvalue weighted by Crippen LogP contribution is -2.18. The van der Waals surface area contributed by atoms with Gasteiger partial charge in [-0.15, -0.1) is 0 Å². The molecule has 92 valence electrons. The van der Waals surface area contributed by atoms with Crippen molar-refractivity contribution < 1.29 is 4.74 Å². The number of methoxy groups -OCH3 is 1. The van der Waals surface area contributed by atoms with E-state index in [2.05, 4.69) is 36.3 Å².